The molecule has 0 aromatic heterocycles. The minimum atomic E-state index is 1.14. The molecule has 0 radical (unpaired) electrons. The lowest BCUT2D eigenvalue weighted by Gasteiger charge is -1.88. The summed E-state index contributed by atoms with van der Waals surface area (Å²) in [6.45, 7) is 2.20. The Morgan fingerprint density at radius 1 is 1.44 bits per heavy atom. The molecule has 0 aromatic rings. The van der Waals surface area contributed by atoms with Crippen LogP contribution in [0.15, 0.2) is 12.2 Å². The average molecular weight is 122 g/mol. The summed E-state index contributed by atoms with van der Waals surface area (Å²) in [6, 6.07) is 0. The quantitative estimate of drug-likeness (QED) is 0.397. The lowest BCUT2D eigenvalue weighted by atomic mass is 10.2. The van der Waals surface area contributed by atoms with E-state index >= 15 is 0 Å². The smallest absolute Gasteiger partial charge is 0.0162 e. The van der Waals surface area contributed by atoms with Crippen LogP contribution in [0.4, 0.5) is 0 Å². The second-order valence-electron chi connectivity index (χ2n) is 2.06. The van der Waals surface area contributed by atoms with Crippen molar-refractivity contribution in [1.82, 2.24) is 0 Å². The average Bonchev–Trinajstić information content (AvgIpc) is 1.89. The Morgan fingerprint density at radius 3 is 2.78 bits per heavy atom. The van der Waals surface area contributed by atoms with E-state index in [9.17, 15) is 0 Å². The summed E-state index contributed by atoms with van der Waals surface area (Å²) in [5, 5.41) is 0. The molecule has 0 aromatic carbocycles. The Balaban J connectivity index is 2.93. The SMILES string of the molecule is C#C/C=C\CCCCC. The molecule has 0 aliphatic carbocycles. The molecule has 0 saturated carbocycles. The zero-order valence-corrected chi connectivity index (χ0v) is 6.06. The van der Waals surface area contributed by atoms with Gasteiger partial charge in [-0.2, -0.15) is 0 Å². The molecule has 0 unspecified atom stereocenters. The topological polar surface area (TPSA) is 0 Å². The molecule has 0 N–H and O–H groups in total. The molecule has 0 nitrogen and oxygen atoms in total. The Kier molecular flexibility index (Phi) is 6.73. The van der Waals surface area contributed by atoms with Crippen LogP contribution in [0.1, 0.15) is 32.6 Å². The maximum atomic E-state index is 5.01. The van der Waals surface area contributed by atoms with Gasteiger partial charge in [-0.1, -0.05) is 31.8 Å². The van der Waals surface area contributed by atoms with Crippen molar-refractivity contribution in [2.75, 3.05) is 0 Å². The van der Waals surface area contributed by atoms with Crippen molar-refractivity contribution in [3.05, 3.63) is 12.2 Å². The van der Waals surface area contributed by atoms with Gasteiger partial charge in [0.05, 0.1) is 0 Å². The van der Waals surface area contributed by atoms with E-state index in [0.29, 0.717) is 0 Å². The first-order chi connectivity index (χ1) is 4.41. The number of rotatable bonds is 4. The molecule has 0 spiro atoms. The van der Waals surface area contributed by atoms with Crippen LogP contribution in [-0.2, 0) is 0 Å². The highest BCUT2D eigenvalue weighted by Gasteiger charge is 1.79. The van der Waals surface area contributed by atoms with Crippen LogP contribution in [0.3, 0.4) is 0 Å². The van der Waals surface area contributed by atoms with Crippen molar-refractivity contribution in [3.8, 4) is 12.3 Å². The fraction of sp³-hybridized carbons (Fsp3) is 0.556. The Labute approximate surface area is 58.0 Å². The lowest BCUT2D eigenvalue weighted by molar-refractivity contribution is 0.729. The molecule has 0 bridgehead atoms. The third-order valence-electron chi connectivity index (χ3n) is 1.19. The van der Waals surface area contributed by atoms with E-state index in [1.165, 1.54) is 19.3 Å². The Bertz CT molecular complexity index is 104. The highest BCUT2D eigenvalue weighted by atomic mass is 13.8. The fourth-order valence-corrected chi connectivity index (χ4v) is 0.664. The molecule has 0 saturated heterocycles. The number of hydrogen-bond donors (Lipinski definition) is 0. The molecular weight excluding hydrogens is 108 g/mol. The summed E-state index contributed by atoms with van der Waals surface area (Å²) in [5.41, 5.74) is 0. The third-order valence-corrected chi connectivity index (χ3v) is 1.19. The van der Waals surface area contributed by atoms with Crippen LogP contribution in [-0.4, -0.2) is 0 Å². The van der Waals surface area contributed by atoms with Crippen LogP contribution in [0, 0.1) is 12.3 Å². The molecule has 0 rings (SSSR count). The van der Waals surface area contributed by atoms with Gasteiger partial charge in [-0.3, -0.25) is 0 Å². The van der Waals surface area contributed by atoms with Gasteiger partial charge in [0, 0.05) is 0 Å². The predicted molar refractivity (Wildman–Crippen MR) is 42.1 cm³/mol. The summed E-state index contributed by atoms with van der Waals surface area (Å²) in [5.74, 6) is 2.46. The maximum Gasteiger partial charge on any atom is -0.0162 e. The molecule has 0 heteroatoms. The molecule has 9 heavy (non-hydrogen) atoms. The van der Waals surface area contributed by atoms with Crippen LogP contribution in [0.25, 0.3) is 0 Å². The number of unbranched alkanes of at least 4 members (excludes halogenated alkanes) is 3. The van der Waals surface area contributed by atoms with Crippen molar-refractivity contribution < 1.29 is 0 Å². The monoisotopic (exact) mass is 122 g/mol. The molecular formula is C9H14. The first-order valence-corrected chi connectivity index (χ1v) is 3.53. The number of hydrogen-bond acceptors (Lipinski definition) is 0. The normalized spacial score (nSPS) is 9.78. The van der Waals surface area contributed by atoms with E-state index in [1.54, 1.807) is 6.08 Å². The van der Waals surface area contributed by atoms with Crippen molar-refractivity contribution in [1.29, 1.82) is 0 Å². The summed E-state index contributed by atoms with van der Waals surface area (Å²) < 4.78 is 0. The first-order valence-electron chi connectivity index (χ1n) is 3.53. The van der Waals surface area contributed by atoms with Gasteiger partial charge in [0.2, 0.25) is 0 Å². The molecule has 0 heterocycles. The number of terminal acetylenes is 1. The van der Waals surface area contributed by atoms with E-state index < -0.39 is 0 Å². The van der Waals surface area contributed by atoms with Gasteiger partial charge in [-0.25, -0.2) is 0 Å². The van der Waals surface area contributed by atoms with Gasteiger partial charge >= 0.3 is 0 Å². The summed E-state index contributed by atoms with van der Waals surface area (Å²) in [4.78, 5) is 0. The van der Waals surface area contributed by atoms with Gasteiger partial charge in [-0.15, -0.1) is 6.42 Å². The minimum absolute atomic E-state index is 1.14. The van der Waals surface area contributed by atoms with Gasteiger partial charge in [0.1, 0.15) is 0 Å². The zero-order chi connectivity index (χ0) is 6.95. The minimum Gasteiger partial charge on any atom is -0.115 e. The van der Waals surface area contributed by atoms with Gasteiger partial charge in [-0.05, 0) is 18.9 Å². The maximum absolute atomic E-state index is 5.01. The highest BCUT2D eigenvalue weighted by Crippen LogP contribution is 1.98. The summed E-state index contributed by atoms with van der Waals surface area (Å²) in [7, 11) is 0. The highest BCUT2D eigenvalue weighted by molar-refractivity contribution is 5.08. The fourth-order valence-electron chi connectivity index (χ4n) is 0.664. The van der Waals surface area contributed by atoms with E-state index in [2.05, 4.69) is 18.9 Å². The van der Waals surface area contributed by atoms with Crippen molar-refractivity contribution in [2.24, 2.45) is 0 Å². The molecule has 0 aliphatic rings. The summed E-state index contributed by atoms with van der Waals surface area (Å²) in [6.07, 6.45) is 13.8. The molecule has 0 fully saturated rings. The lowest BCUT2D eigenvalue weighted by Crippen LogP contribution is -1.69. The van der Waals surface area contributed by atoms with E-state index in [4.69, 9.17) is 6.42 Å². The molecule has 0 atom stereocenters. The van der Waals surface area contributed by atoms with Crippen molar-refractivity contribution in [2.45, 2.75) is 32.6 Å². The van der Waals surface area contributed by atoms with Gasteiger partial charge < -0.3 is 0 Å². The zero-order valence-electron chi connectivity index (χ0n) is 6.06. The summed E-state index contributed by atoms with van der Waals surface area (Å²) >= 11 is 0. The Hall–Kier alpha value is -0.700. The van der Waals surface area contributed by atoms with Crippen LogP contribution in [0.2, 0.25) is 0 Å². The second-order valence-corrected chi connectivity index (χ2v) is 2.06. The van der Waals surface area contributed by atoms with Gasteiger partial charge in [0.15, 0.2) is 0 Å². The second kappa shape index (κ2) is 7.30. The standard InChI is InChI=1S/C9H14/c1-3-5-7-9-8-6-4-2/h1,5,7H,4,6,8-9H2,2H3/b7-5-. The van der Waals surface area contributed by atoms with Gasteiger partial charge in [0.25, 0.3) is 0 Å². The predicted octanol–water partition coefficient (Wildman–Crippen LogP) is 2.76. The third kappa shape index (κ3) is 7.30. The van der Waals surface area contributed by atoms with Crippen molar-refractivity contribution >= 4 is 0 Å². The van der Waals surface area contributed by atoms with Crippen LogP contribution < -0.4 is 0 Å². The first kappa shape index (κ1) is 8.30. The molecule has 50 valence electrons. The van der Waals surface area contributed by atoms with E-state index in [0.717, 1.165) is 6.42 Å². The molecule has 0 aliphatic heterocycles. The van der Waals surface area contributed by atoms with E-state index in [-0.39, 0.29) is 0 Å². The molecule has 0 amide bonds. The van der Waals surface area contributed by atoms with Crippen molar-refractivity contribution in [3.63, 3.8) is 0 Å². The number of allylic oxidation sites excluding steroid dienone is 2. The van der Waals surface area contributed by atoms with E-state index in [1.807, 2.05) is 0 Å². The Morgan fingerprint density at radius 2 is 2.22 bits per heavy atom. The largest absolute Gasteiger partial charge is 0.115 e. The van der Waals surface area contributed by atoms with Crippen LogP contribution >= 0.6 is 0 Å². The van der Waals surface area contributed by atoms with Crippen LogP contribution in [0.5, 0.6) is 0 Å².